The van der Waals surface area contributed by atoms with E-state index in [0.29, 0.717) is 13.1 Å². The fraction of sp³-hybridized carbons (Fsp3) is 0.643. The maximum Gasteiger partial charge on any atom is 0.410 e. The Bertz CT molecular complexity index is 672. The zero-order chi connectivity index (χ0) is 18.3. The fourth-order valence-electron chi connectivity index (χ4n) is 3.09. The first-order valence-corrected chi connectivity index (χ1v) is 9.21. The van der Waals surface area contributed by atoms with Gasteiger partial charge < -0.3 is 25.4 Å². The summed E-state index contributed by atoms with van der Waals surface area (Å²) in [5, 5.41) is 8.59. The standard InChI is InChI=1S/C14H20N4O6S/c1-16-2-4-17(5-3-16)14(22)24-6-8-7-25(23)12-9(15)11(19)18(12)10(8)13(20)21/h9,12H,2-7,15H2,1H3,(H,20,21)/t9?,12-,25?/m0/s1. The van der Waals surface area contributed by atoms with E-state index in [0.717, 1.165) is 18.0 Å². The van der Waals surface area contributed by atoms with Gasteiger partial charge in [-0.15, -0.1) is 0 Å². The highest BCUT2D eigenvalue weighted by molar-refractivity contribution is 7.86. The number of aliphatic carboxylic acids is 1. The lowest BCUT2D eigenvalue weighted by Crippen LogP contribution is -2.72. The summed E-state index contributed by atoms with van der Waals surface area (Å²) in [6.07, 6.45) is -0.551. The summed E-state index contributed by atoms with van der Waals surface area (Å²) in [7, 11) is 0.430. The molecule has 3 aliphatic rings. The van der Waals surface area contributed by atoms with E-state index in [1.807, 2.05) is 7.05 Å². The minimum absolute atomic E-state index is 0.0835. The monoisotopic (exact) mass is 372 g/mol. The van der Waals surface area contributed by atoms with E-state index >= 15 is 0 Å². The molecule has 0 bridgehead atoms. The largest absolute Gasteiger partial charge is 0.477 e. The second-order valence-corrected chi connectivity index (χ2v) is 7.79. The number of nitrogens with zero attached hydrogens (tertiary/aromatic N) is 3. The van der Waals surface area contributed by atoms with Gasteiger partial charge in [-0.3, -0.25) is 13.9 Å². The summed E-state index contributed by atoms with van der Waals surface area (Å²) in [5.74, 6) is -1.99. The molecule has 10 nitrogen and oxygen atoms in total. The SMILES string of the molecule is CN1CCN(C(=O)OCC2=C(C(=O)O)N3C(=O)C(N)[C@@H]3S(=O)C2)CC1. The molecule has 11 heteroatoms. The van der Waals surface area contributed by atoms with Gasteiger partial charge >= 0.3 is 12.1 Å². The molecule has 0 radical (unpaired) electrons. The molecule has 3 N–H and O–H groups in total. The molecule has 0 spiro atoms. The lowest BCUT2D eigenvalue weighted by Gasteiger charge is -2.47. The van der Waals surface area contributed by atoms with Crippen LogP contribution in [0.25, 0.3) is 0 Å². The summed E-state index contributed by atoms with van der Waals surface area (Å²) >= 11 is 0. The van der Waals surface area contributed by atoms with Gasteiger partial charge in [0.15, 0.2) is 0 Å². The lowest BCUT2D eigenvalue weighted by molar-refractivity contribution is -0.148. The molecule has 2 unspecified atom stereocenters. The van der Waals surface area contributed by atoms with Crippen molar-refractivity contribution in [2.75, 3.05) is 45.6 Å². The number of amides is 2. The minimum atomic E-state index is -1.52. The van der Waals surface area contributed by atoms with Crippen molar-refractivity contribution in [3.63, 3.8) is 0 Å². The van der Waals surface area contributed by atoms with Gasteiger partial charge in [0.2, 0.25) is 5.91 Å². The van der Waals surface area contributed by atoms with Crippen molar-refractivity contribution in [3.8, 4) is 0 Å². The summed E-state index contributed by atoms with van der Waals surface area (Å²) in [6.45, 7) is 2.18. The average Bonchev–Trinajstić information content (AvgIpc) is 2.58. The molecule has 138 valence electrons. The van der Waals surface area contributed by atoms with Gasteiger partial charge in [0, 0.05) is 31.8 Å². The third-order valence-corrected chi connectivity index (χ3v) is 6.26. The van der Waals surface area contributed by atoms with E-state index in [-0.39, 0.29) is 23.6 Å². The number of carbonyl (C=O) groups is 3. The van der Waals surface area contributed by atoms with Crippen LogP contribution in [0.5, 0.6) is 0 Å². The van der Waals surface area contributed by atoms with E-state index < -0.39 is 40.2 Å². The quantitative estimate of drug-likeness (QED) is 0.542. The number of carboxylic acid groups (broad SMARTS) is 1. The van der Waals surface area contributed by atoms with Gasteiger partial charge in [0.1, 0.15) is 23.7 Å². The van der Waals surface area contributed by atoms with Gasteiger partial charge in [0.25, 0.3) is 0 Å². The molecular weight excluding hydrogens is 352 g/mol. The third-order valence-electron chi connectivity index (χ3n) is 4.58. The van der Waals surface area contributed by atoms with Gasteiger partial charge in [-0.2, -0.15) is 0 Å². The number of fused-ring (bicyclic) bond motifs is 1. The predicted molar refractivity (Wildman–Crippen MR) is 86.7 cm³/mol. The van der Waals surface area contributed by atoms with E-state index in [1.165, 1.54) is 4.90 Å². The Morgan fingerprint density at radius 2 is 1.96 bits per heavy atom. The Kier molecular flexibility index (Phi) is 4.80. The topological polar surface area (TPSA) is 133 Å². The Morgan fingerprint density at radius 3 is 2.56 bits per heavy atom. The molecule has 0 aromatic heterocycles. The minimum Gasteiger partial charge on any atom is -0.477 e. The lowest BCUT2D eigenvalue weighted by atomic mass is 10.0. The number of hydrogen-bond acceptors (Lipinski definition) is 7. The Hall–Kier alpha value is -1.98. The van der Waals surface area contributed by atoms with Gasteiger partial charge in [-0.1, -0.05) is 0 Å². The van der Waals surface area contributed by atoms with E-state index in [4.69, 9.17) is 10.5 Å². The van der Waals surface area contributed by atoms with E-state index in [1.54, 1.807) is 0 Å². The first-order valence-electron chi connectivity index (χ1n) is 7.82. The summed E-state index contributed by atoms with van der Waals surface area (Å²) in [6, 6.07) is -0.954. The van der Waals surface area contributed by atoms with Crippen molar-refractivity contribution in [2.24, 2.45) is 5.73 Å². The number of likely N-dealkylation sites (N-methyl/N-ethyl adjacent to an activating group) is 1. The smallest absolute Gasteiger partial charge is 0.410 e. The van der Waals surface area contributed by atoms with Crippen molar-refractivity contribution in [1.29, 1.82) is 0 Å². The highest BCUT2D eigenvalue weighted by Gasteiger charge is 2.55. The number of β-lactam (4-membered cyclic amide) rings is 1. The highest BCUT2D eigenvalue weighted by atomic mass is 32.2. The van der Waals surface area contributed by atoms with Crippen LogP contribution in [-0.2, 0) is 25.1 Å². The summed E-state index contributed by atoms with van der Waals surface area (Å²) in [4.78, 5) is 40.1. The fourth-order valence-corrected chi connectivity index (χ4v) is 4.72. The number of piperazine rings is 1. The average molecular weight is 372 g/mol. The number of carboxylic acids is 1. The highest BCUT2D eigenvalue weighted by Crippen LogP contribution is 2.33. The first-order chi connectivity index (χ1) is 11.8. The molecule has 0 aliphatic carbocycles. The Balaban J connectivity index is 1.71. The number of hydrogen-bond donors (Lipinski definition) is 2. The summed E-state index contributed by atoms with van der Waals surface area (Å²) in [5.41, 5.74) is 5.49. The number of rotatable bonds is 3. The van der Waals surface area contributed by atoms with Crippen LogP contribution in [0.4, 0.5) is 4.79 Å². The zero-order valence-electron chi connectivity index (χ0n) is 13.7. The maximum atomic E-state index is 12.2. The molecule has 3 atom stereocenters. The molecular formula is C14H20N4O6S. The Labute approximate surface area is 146 Å². The predicted octanol–water partition coefficient (Wildman–Crippen LogP) is -2.03. The van der Waals surface area contributed by atoms with Crippen LogP contribution in [0.3, 0.4) is 0 Å². The van der Waals surface area contributed by atoms with Crippen LogP contribution in [0, 0.1) is 0 Å². The van der Waals surface area contributed by atoms with Crippen LogP contribution in [0.15, 0.2) is 11.3 Å². The van der Waals surface area contributed by atoms with Crippen LogP contribution >= 0.6 is 0 Å². The first kappa shape index (κ1) is 17.8. The second-order valence-electron chi connectivity index (χ2n) is 6.25. The molecule has 0 saturated carbocycles. The maximum absolute atomic E-state index is 12.2. The van der Waals surface area contributed by atoms with Gasteiger partial charge in [-0.25, -0.2) is 9.59 Å². The van der Waals surface area contributed by atoms with Crippen molar-refractivity contribution >= 4 is 28.8 Å². The molecule has 2 amide bonds. The molecule has 0 aromatic rings. The number of ether oxygens (including phenoxy) is 1. The van der Waals surface area contributed by atoms with Crippen LogP contribution < -0.4 is 5.73 Å². The van der Waals surface area contributed by atoms with E-state index in [9.17, 15) is 23.7 Å². The molecule has 0 aromatic carbocycles. The second kappa shape index (κ2) is 6.73. The van der Waals surface area contributed by atoms with Crippen LogP contribution in [-0.4, -0.2) is 99.0 Å². The molecule has 2 saturated heterocycles. The molecule has 3 heterocycles. The van der Waals surface area contributed by atoms with Crippen LogP contribution in [0.2, 0.25) is 0 Å². The van der Waals surface area contributed by atoms with E-state index in [2.05, 4.69) is 4.90 Å². The van der Waals surface area contributed by atoms with Gasteiger partial charge in [-0.05, 0) is 7.05 Å². The molecule has 3 rings (SSSR count). The normalized spacial score (nSPS) is 30.0. The molecule has 3 aliphatic heterocycles. The zero-order valence-corrected chi connectivity index (χ0v) is 14.5. The van der Waals surface area contributed by atoms with Crippen molar-refractivity contribution in [3.05, 3.63) is 11.3 Å². The van der Waals surface area contributed by atoms with Gasteiger partial charge in [0.05, 0.1) is 16.6 Å². The molecule has 2 fully saturated rings. The number of carbonyl (C=O) groups excluding carboxylic acids is 2. The summed E-state index contributed by atoms with van der Waals surface area (Å²) < 4.78 is 17.4. The van der Waals surface area contributed by atoms with Crippen LogP contribution in [0.1, 0.15) is 0 Å². The van der Waals surface area contributed by atoms with Crippen molar-refractivity contribution < 1.29 is 28.4 Å². The van der Waals surface area contributed by atoms with Crippen molar-refractivity contribution in [2.45, 2.75) is 11.4 Å². The third kappa shape index (κ3) is 3.14. The molecule has 25 heavy (non-hydrogen) atoms. The Morgan fingerprint density at radius 1 is 1.32 bits per heavy atom. The van der Waals surface area contributed by atoms with Crippen molar-refractivity contribution in [1.82, 2.24) is 14.7 Å². The number of nitrogens with two attached hydrogens (primary N) is 1.